The summed E-state index contributed by atoms with van der Waals surface area (Å²) >= 11 is 0. The van der Waals surface area contributed by atoms with E-state index in [-0.39, 0.29) is 5.91 Å². The molecule has 0 radical (unpaired) electrons. The normalized spacial score (nSPS) is 10.5. The molecule has 186 valence electrons. The molecule has 3 aromatic carbocycles. The van der Waals surface area contributed by atoms with Crippen molar-refractivity contribution >= 4 is 35.3 Å². The van der Waals surface area contributed by atoms with E-state index in [2.05, 4.69) is 21.2 Å². The summed E-state index contributed by atoms with van der Waals surface area (Å²) in [7, 11) is 0. The predicted molar refractivity (Wildman–Crippen MR) is 138 cm³/mol. The third kappa shape index (κ3) is 7.69. The number of carbonyl (C=O) groups excluding carboxylic acids is 3. The van der Waals surface area contributed by atoms with Gasteiger partial charge in [-0.05, 0) is 73.0 Å². The molecule has 0 heterocycles. The fraction of sp³-hybridized carbons (Fsp3) is 0.185. The molecule has 0 aromatic heterocycles. The third-order valence-electron chi connectivity index (χ3n) is 4.96. The molecule has 3 N–H and O–H groups in total. The Hall–Kier alpha value is -4.66. The van der Waals surface area contributed by atoms with Crippen LogP contribution < -0.4 is 25.5 Å². The topological polar surface area (TPSA) is 118 Å². The van der Waals surface area contributed by atoms with Crippen molar-refractivity contribution < 1.29 is 23.9 Å². The SMILES string of the molecule is CCOc1cc(/C=N/NC(=O)C(=O)Nc2ccc(NC(C)=O)cc2)ccc1OCc1ccccc1C. The number of nitrogens with zero attached hydrogens (tertiary/aromatic N) is 1. The maximum atomic E-state index is 12.1. The van der Waals surface area contributed by atoms with E-state index in [9.17, 15) is 14.4 Å². The standard InChI is InChI=1S/C27H28N4O5/c1-4-35-25-15-20(9-14-24(25)36-17-21-8-6-5-7-18(21)2)16-28-31-27(34)26(33)30-23-12-10-22(11-13-23)29-19(3)32/h5-16H,4,17H2,1-3H3,(H,29,32)(H,30,33)(H,31,34)/b28-16+. The summed E-state index contributed by atoms with van der Waals surface area (Å²) in [5.41, 5.74) is 6.04. The highest BCUT2D eigenvalue weighted by molar-refractivity contribution is 6.39. The lowest BCUT2D eigenvalue weighted by Gasteiger charge is -2.13. The summed E-state index contributed by atoms with van der Waals surface area (Å²) in [5, 5.41) is 8.94. The first kappa shape index (κ1) is 26.0. The molecule has 9 heteroatoms. The van der Waals surface area contributed by atoms with E-state index in [1.165, 1.54) is 13.1 Å². The second kappa shape index (κ2) is 12.7. The van der Waals surface area contributed by atoms with Crippen LogP contribution in [0.15, 0.2) is 71.8 Å². The smallest absolute Gasteiger partial charge is 0.329 e. The zero-order valence-corrected chi connectivity index (χ0v) is 20.3. The number of ether oxygens (including phenoxy) is 2. The summed E-state index contributed by atoms with van der Waals surface area (Å²) in [6.07, 6.45) is 1.40. The molecule has 0 unspecified atom stereocenters. The van der Waals surface area contributed by atoms with Gasteiger partial charge in [0.05, 0.1) is 12.8 Å². The van der Waals surface area contributed by atoms with Crippen LogP contribution in [0.5, 0.6) is 11.5 Å². The number of hydrogen-bond acceptors (Lipinski definition) is 6. The van der Waals surface area contributed by atoms with Crippen molar-refractivity contribution in [2.45, 2.75) is 27.4 Å². The lowest BCUT2D eigenvalue weighted by atomic mass is 10.1. The number of hydrazone groups is 1. The first-order chi connectivity index (χ1) is 17.4. The molecule has 3 amide bonds. The van der Waals surface area contributed by atoms with Gasteiger partial charge in [0.15, 0.2) is 11.5 Å². The average Bonchev–Trinajstić information content (AvgIpc) is 2.85. The highest BCUT2D eigenvalue weighted by Crippen LogP contribution is 2.29. The zero-order chi connectivity index (χ0) is 25.9. The molecule has 0 spiro atoms. The van der Waals surface area contributed by atoms with Gasteiger partial charge in [-0.15, -0.1) is 0 Å². The van der Waals surface area contributed by atoms with Gasteiger partial charge in [-0.2, -0.15) is 5.10 Å². The van der Waals surface area contributed by atoms with E-state index >= 15 is 0 Å². The van der Waals surface area contributed by atoms with E-state index in [4.69, 9.17) is 9.47 Å². The summed E-state index contributed by atoms with van der Waals surface area (Å²) in [6, 6.07) is 19.6. The molecule has 9 nitrogen and oxygen atoms in total. The molecule has 0 bridgehead atoms. The predicted octanol–water partition coefficient (Wildman–Crippen LogP) is 4.02. The molecular formula is C27H28N4O5. The molecule has 3 aromatic rings. The lowest BCUT2D eigenvalue weighted by Crippen LogP contribution is -2.32. The Kier molecular flexibility index (Phi) is 9.16. The van der Waals surface area contributed by atoms with Crippen LogP contribution in [0.2, 0.25) is 0 Å². The molecule has 0 saturated heterocycles. The number of carbonyl (C=O) groups is 3. The summed E-state index contributed by atoms with van der Waals surface area (Å²) in [4.78, 5) is 35.3. The van der Waals surface area contributed by atoms with Gasteiger partial charge in [-0.1, -0.05) is 24.3 Å². The van der Waals surface area contributed by atoms with Crippen molar-refractivity contribution in [3.05, 3.63) is 83.4 Å². The molecule has 3 rings (SSSR count). The van der Waals surface area contributed by atoms with Gasteiger partial charge in [0, 0.05) is 18.3 Å². The van der Waals surface area contributed by atoms with E-state index in [0.717, 1.165) is 11.1 Å². The second-order valence-electron chi connectivity index (χ2n) is 7.77. The van der Waals surface area contributed by atoms with Crippen LogP contribution in [0, 0.1) is 6.92 Å². The Morgan fingerprint density at radius 2 is 1.56 bits per heavy atom. The van der Waals surface area contributed by atoms with Crippen molar-refractivity contribution in [2.75, 3.05) is 17.2 Å². The lowest BCUT2D eigenvalue weighted by molar-refractivity contribution is -0.136. The highest BCUT2D eigenvalue weighted by atomic mass is 16.5. The minimum absolute atomic E-state index is 0.207. The van der Waals surface area contributed by atoms with Crippen molar-refractivity contribution in [1.29, 1.82) is 0 Å². The largest absolute Gasteiger partial charge is 0.490 e. The minimum atomic E-state index is -0.930. The summed E-state index contributed by atoms with van der Waals surface area (Å²) in [6.45, 7) is 6.15. The molecule has 36 heavy (non-hydrogen) atoms. The van der Waals surface area contributed by atoms with Crippen LogP contribution in [0.25, 0.3) is 0 Å². The Morgan fingerprint density at radius 1 is 0.861 bits per heavy atom. The van der Waals surface area contributed by atoms with Crippen LogP contribution in [-0.4, -0.2) is 30.5 Å². The van der Waals surface area contributed by atoms with Gasteiger partial charge in [-0.25, -0.2) is 5.43 Å². The fourth-order valence-corrected chi connectivity index (χ4v) is 3.16. The van der Waals surface area contributed by atoms with Crippen LogP contribution >= 0.6 is 0 Å². The zero-order valence-electron chi connectivity index (χ0n) is 20.3. The summed E-state index contributed by atoms with van der Waals surface area (Å²) in [5.74, 6) is -0.886. The van der Waals surface area contributed by atoms with Crippen LogP contribution in [0.3, 0.4) is 0 Å². The monoisotopic (exact) mass is 488 g/mol. The Balaban J connectivity index is 1.56. The Labute approximate surface area is 209 Å². The minimum Gasteiger partial charge on any atom is -0.490 e. The number of amides is 3. The van der Waals surface area contributed by atoms with Gasteiger partial charge < -0.3 is 20.1 Å². The molecule has 0 aliphatic carbocycles. The molecule has 0 aliphatic heterocycles. The van der Waals surface area contributed by atoms with E-state index < -0.39 is 11.8 Å². The first-order valence-corrected chi connectivity index (χ1v) is 11.3. The fourth-order valence-electron chi connectivity index (χ4n) is 3.16. The molecule has 0 atom stereocenters. The number of aryl methyl sites for hydroxylation is 1. The van der Waals surface area contributed by atoms with Crippen LogP contribution in [0.4, 0.5) is 11.4 Å². The van der Waals surface area contributed by atoms with Gasteiger partial charge in [0.25, 0.3) is 0 Å². The molecule has 0 fully saturated rings. The van der Waals surface area contributed by atoms with Gasteiger partial charge in [-0.3, -0.25) is 14.4 Å². The third-order valence-corrected chi connectivity index (χ3v) is 4.96. The molecular weight excluding hydrogens is 460 g/mol. The summed E-state index contributed by atoms with van der Waals surface area (Å²) < 4.78 is 11.7. The number of nitrogens with one attached hydrogen (secondary N) is 3. The van der Waals surface area contributed by atoms with Crippen LogP contribution in [-0.2, 0) is 21.0 Å². The van der Waals surface area contributed by atoms with Gasteiger partial charge >= 0.3 is 11.8 Å². The first-order valence-electron chi connectivity index (χ1n) is 11.3. The van der Waals surface area contributed by atoms with E-state index in [1.807, 2.05) is 38.1 Å². The molecule has 0 aliphatic rings. The maximum Gasteiger partial charge on any atom is 0.329 e. The number of rotatable bonds is 9. The van der Waals surface area contributed by atoms with E-state index in [1.54, 1.807) is 42.5 Å². The second-order valence-corrected chi connectivity index (χ2v) is 7.77. The van der Waals surface area contributed by atoms with Gasteiger partial charge in [0.2, 0.25) is 5.91 Å². The van der Waals surface area contributed by atoms with Crippen molar-refractivity contribution in [3.63, 3.8) is 0 Å². The van der Waals surface area contributed by atoms with Crippen molar-refractivity contribution in [3.8, 4) is 11.5 Å². The van der Waals surface area contributed by atoms with E-state index in [0.29, 0.717) is 41.7 Å². The maximum absolute atomic E-state index is 12.1. The highest BCUT2D eigenvalue weighted by Gasteiger charge is 2.13. The van der Waals surface area contributed by atoms with Crippen molar-refractivity contribution in [2.24, 2.45) is 5.10 Å². The van der Waals surface area contributed by atoms with Crippen LogP contribution in [0.1, 0.15) is 30.5 Å². The Morgan fingerprint density at radius 3 is 2.22 bits per heavy atom. The average molecular weight is 489 g/mol. The molecule has 0 saturated carbocycles. The Bertz CT molecular complexity index is 1260. The number of anilines is 2. The van der Waals surface area contributed by atoms with Crippen molar-refractivity contribution in [1.82, 2.24) is 5.43 Å². The number of benzene rings is 3. The van der Waals surface area contributed by atoms with Gasteiger partial charge in [0.1, 0.15) is 6.61 Å². The number of hydrogen-bond donors (Lipinski definition) is 3. The quantitative estimate of drug-likeness (QED) is 0.239.